The Hall–Kier alpha value is -2.28. The minimum absolute atomic E-state index is 0.0171. The predicted octanol–water partition coefficient (Wildman–Crippen LogP) is 2.47. The van der Waals surface area contributed by atoms with E-state index >= 15 is 0 Å². The highest BCUT2D eigenvalue weighted by atomic mass is 35.5. The van der Waals surface area contributed by atoms with Gasteiger partial charge in [-0.15, -0.1) is 0 Å². The molecule has 0 unspecified atom stereocenters. The molecule has 0 aromatic heterocycles. The van der Waals surface area contributed by atoms with Crippen LogP contribution in [0.5, 0.6) is 0 Å². The van der Waals surface area contributed by atoms with Gasteiger partial charge in [0, 0.05) is 31.2 Å². The van der Waals surface area contributed by atoms with Crippen molar-refractivity contribution in [2.75, 3.05) is 32.7 Å². The summed E-state index contributed by atoms with van der Waals surface area (Å²) in [6.45, 7) is 7.23. The molecule has 28 heavy (non-hydrogen) atoms. The second-order valence-corrected chi connectivity index (χ2v) is 8.21. The van der Waals surface area contributed by atoms with E-state index < -0.39 is 11.7 Å². The standard InChI is InChI=1S/C20H28ClN3O4/c1-20(2,3)28-19(27)22-14-18(26)24-9-5-8-23(10-11-24)17(25)13-15-6-4-7-16(21)12-15/h4,6-7,12H,5,8-11,13-14H2,1-3H3,(H,22,27). The molecule has 0 aliphatic carbocycles. The zero-order valence-corrected chi connectivity index (χ0v) is 17.4. The Morgan fingerprint density at radius 3 is 2.32 bits per heavy atom. The molecule has 1 aromatic rings. The van der Waals surface area contributed by atoms with Crippen molar-refractivity contribution in [2.24, 2.45) is 0 Å². The molecule has 8 heteroatoms. The summed E-state index contributed by atoms with van der Waals surface area (Å²) < 4.78 is 5.13. The number of nitrogens with one attached hydrogen (secondary N) is 1. The number of halogens is 1. The molecule has 0 radical (unpaired) electrons. The van der Waals surface area contributed by atoms with Gasteiger partial charge in [-0.05, 0) is 44.9 Å². The number of carbonyl (C=O) groups excluding carboxylic acids is 3. The van der Waals surface area contributed by atoms with Crippen molar-refractivity contribution in [1.29, 1.82) is 0 Å². The molecular formula is C20H28ClN3O4. The number of hydrogen-bond donors (Lipinski definition) is 1. The van der Waals surface area contributed by atoms with Crippen LogP contribution in [0.4, 0.5) is 4.79 Å². The lowest BCUT2D eigenvalue weighted by atomic mass is 10.1. The van der Waals surface area contributed by atoms with Crippen LogP contribution in [0.15, 0.2) is 24.3 Å². The van der Waals surface area contributed by atoms with E-state index in [4.69, 9.17) is 16.3 Å². The molecule has 7 nitrogen and oxygen atoms in total. The molecule has 0 bridgehead atoms. The van der Waals surface area contributed by atoms with E-state index in [9.17, 15) is 14.4 Å². The van der Waals surface area contributed by atoms with Gasteiger partial charge in [0.25, 0.3) is 0 Å². The van der Waals surface area contributed by atoms with Gasteiger partial charge in [0.15, 0.2) is 0 Å². The highest BCUT2D eigenvalue weighted by Gasteiger charge is 2.23. The maximum atomic E-state index is 12.6. The number of benzene rings is 1. The Labute approximate surface area is 171 Å². The summed E-state index contributed by atoms with van der Waals surface area (Å²) in [6, 6.07) is 7.26. The van der Waals surface area contributed by atoms with Crippen LogP contribution in [0.3, 0.4) is 0 Å². The highest BCUT2D eigenvalue weighted by molar-refractivity contribution is 6.30. The Bertz CT molecular complexity index is 718. The maximum absolute atomic E-state index is 12.6. The van der Waals surface area contributed by atoms with E-state index in [0.717, 1.165) is 5.56 Å². The number of ether oxygens (including phenoxy) is 1. The van der Waals surface area contributed by atoms with Gasteiger partial charge in [0.2, 0.25) is 11.8 Å². The summed E-state index contributed by atoms with van der Waals surface area (Å²) in [4.78, 5) is 40.1. The molecule has 0 spiro atoms. The fourth-order valence-electron chi connectivity index (χ4n) is 2.92. The van der Waals surface area contributed by atoms with E-state index in [2.05, 4.69) is 5.32 Å². The fraction of sp³-hybridized carbons (Fsp3) is 0.550. The molecule has 1 aliphatic heterocycles. The van der Waals surface area contributed by atoms with Crippen LogP contribution in [-0.2, 0) is 20.7 Å². The molecule has 1 saturated heterocycles. The van der Waals surface area contributed by atoms with E-state index in [1.807, 2.05) is 12.1 Å². The summed E-state index contributed by atoms with van der Waals surface area (Å²) in [7, 11) is 0. The van der Waals surface area contributed by atoms with Crippen LogP contribution in [-0.4, -0.2) is 66.0 Å². The van der Waals surface area contributed by atoms with Crippen LogP contribution >= 0.6 is 11.6 Å². The number of hydrogen-bond acceptors (Lipinski definition) is 4. The molecule has 154 valence electrons. The minimum atomic E-state index is -0.617. The van der Waals surface area contributed by atoms with E-state index in [1.54, 1.807) is 42.7 Å². The minimum Gasteiger partial charge on any atom is -0.444 e. The fourth-order valence-corrected chi connectivity index (χ4v) is 3.14. The van der Waals surface area contributed by atoms with Gasteiger partial charge >= 0.3 is 6.09 Å². The molecule has 1 heterocycles. The van der Waals surface area contributed by atoms with Crippen LogP contribution < -0.4 is 5.32 Å². The van der Waals surface area contributed by atoms with E-state index in [-0.39, 0.29) is 24.8 Å². The van der Waals surface area contributed by atoms with Gasteiger partial charge in [0.05, 0.1) is 6.42 Å². The second-order valence-electron chi connectivity index (χ2n) is 7.78. The molecule has 1 N–H and O–H groups in total. The summed E-state index contributed by atoms with van der Waals surface area (Å²) in [5, 5.41) is 3.09. The molecule has 1 fully saturated rings. The van der Waals surface area contributed by atoms with Crippen LogP contribution in [0.25, 0.3) is 0 Å². The maximum Gasteiger partial charge on any atom is 0.408 e. The van der Waals surface area contributed by atoms with E-state index in [0.29, 0.717) is 37.6 Å². The monoisotopic (exact) mass is 409 g/mol. The normalized spacial score (nSPS) is 15.0. The lowest BCUT2D eigenvalue weighted by Gasteiger charge is -2.23. The van der Waals surface area contributed by atoms with Gasteiger partial charge < -0.3 is 19.9 Å². The largest absolute Gasteiger partial charge is 0.444 e. The first-order chi connectivity index (χ1) is 13.1. The Kier molecular flexibility index (Phi) is 7.69. The second kappa shape index (κ2) is 9.78. The highest BCUT2D eigenvalue weighted by Crippen LogP contribution is 2.13. The number of nitrogens with zero attached hydrogens (tertiary/aromatic N) is 2. The van der Waals surface area contributed by atoms with Gasteiger partial charge in [-0.1, -0.05) is 23.7 Å². The first-order valence-corrected chi connectivity index (χ1v) is 9.79. The molecule has 2 rings (SSSR count). The van der Waals surface area contributed by atoms with Crippen molar-refractivity contribution in [3.63, 3.8) is 0 Å². The van der Waals surface area contributed by atoms with Crippen molar-refractivity contribution in [3.8, 4) is 0 Å². The summed E-state index contributed by atoms with van der Waals surface area (Å²) >= 11 is 5.97. The number of alkyl carbamates (subject to hydrolysis) is 1. The molecule has 0 saturated carbocycles. The Balaban J connectivity index is 1.81. The SMILES string of the molecule is CC(C)(C)OC(=O)NCC(=O)N1CCCN(C(=O)Cc2cccc(Cl)c2)CC1. The van der Waals surface area contributed by atoms with Crippen molar-refractivity contribution in [3.05, 3.63) is 34.9 Å². The molecule has 1 aliphatic rings. The first kappa shape index (κ1) is 22.0. The lowest BCUT2D eigenvalue weighted by Crippen LogP contribution is -2.43. The van der Waals surface area contributed by atoms with Crippen molar-refractivity contribution >= 4 is 29.5 Å². The molecular weight excluding hydrogens is 382 g/mol. The number of carbonyl (C=O) groups is 3. The zero-order chi connectivity index (χ0) is 20.7. The molecule has 0 atom stereocenters. The van der Waals surface area contributed by atoms with E-state index in [1.165, 1.54) is 0 Å². The smallest absolute Gasteiger partial charge is 0.408 e. The summed E-state index contributed by atoms with van der Waals surface area (Å²) in [6.07, 6.45) is 0.364. The lowest BCUT2D eigenvalue weighted by molar-refractivity contribution is -0.132. The van der Waals surface area contributed by atoms with Gasteiger partial charge in [0.1, 0.15) is 12.1 Å². The van der Waals surface area contributed by atoms with Crippen molar-refractivity contribution < 1.29 is 19.1 Å². The van der Waals surface area contributed by atoms with Crippen LogP contribution in [0.2, 0.25) is 5.02 Å². The number of amides is 3. The third kappa shape index (κ3) is 7.38. The van der Waals surface area contributed by atoms with Crippen molar-refractivity contribution in [2.45, 2.75) is 39.2 Å². The van der Waals surface area contributed by atoms with Crippen LogP contribution in [0.1, 0.15) is 32.8 Å². The Morgan fingerprint density at radius 1 is 1.07 bits per heavy atom. The molecule has 3 amide bonds. The Morgan fingerprint density at radius 2 is 1.71 bits per heavy atom. The summed E-state index contributed by atoms with van der Waals surface area (Å²) in [5.74, 6) is -0.168. The third-order valence-electron chi connectivity index (χ3n) is 4.23. The number of rotatable bonds is 4. The van der Waals surface area contributed by atoms with Gasteiger partial charge in [-0.3, -0.25) is 9.59 Å². The first-order valence-electron chi connectivity index (χ1n) is 9.41. The average Bonchev–Trinajstić information content (AvgIpc) is 2.84. The quantitative estimate of drug-likeness (QED) is 0.828. The summed E-state index contributed by atoms with van der Waals surface area (Å²) in [5.41, 5.74) is 0.260. The van der Waals surface area contributed by atoms with Crippen LogP contribution in [0, 0.1) is 0 Å². The van der Waals surface area contributed by atoms with Crippen molar-refractivity contribution in [1.82, 2.24) is 15.1 Å². The third-order valence-corrected chi connectivity index (χ3v) is 4.46. The van der Waals surface area contributed by atoms with Gasteiger partial charge in [-0.2, -0.15) is 0 Å². The predicted molar refractivity (Wildman–Crippen MR) is 107 cm³/mol. The molecule has 1 aromatic carbocycles. The zero-order valence-electron chi connectivity index (χ0n) is 16.7. The average molecular weight is 410 g/mol. The topological polar surface area (TPSA) is 79.0 Å². The van der Waals surface area contributed by atoms with Gasteiger partial charge in [-0.25, -0.2) is 4.79 Å².